The lowest BCUT2D eigenvalue weighted by Gasteiger charge is -2.22. The number of likely N-dealkylation sites (tertiary alicyclic amines) is 1. The molecule has 0 spiro atoms. The molecule has 4 aromatic rings. The highest BCUT2D eigenvalue weighted by Gasteiger charge is 2.29. The number of nitrogens with two attached hydrogens (primary N) is 1. The number of likely N-dealkylation sites (N-methyl/N-ethyl adjacent to an activating group) is 1. The number of para-hydroxylation sites is 1. The molecule has 188 valence electrons. The van der Waals surface area contributed by atoms with Crippen LogP contribution in [0, 0.1) is 12.7 Å². The van der Waals surface area contributed by atoms with E-state index >= 15 is 4.39 Å². The number of carbonyl (C=O) groups excluding carboxylic acids is 1. The van der Waals surface area contributed by atoms with Gasteiger partial charge in [0.25, 0.3) is 0 Å². The van der Waals surface area contributed by atoms with Crippen LogP contribution in [0.2, 0.25) is 0 Å². The fourth-order valence-corrected chi connectivity index (χ4v) is 5.08. The van der Waals surface area contributed by atoms with E-state index in [1.165, 1.54) is 6.20 Å². The fourth-order valence-electron chi connectivity index (χ4n) is 5.08. The van der Waals surface area contributed by atoms with Gasteiger partial charge in [0.2, 0.25) is 17.7 Å². The van der Waals surface area contributed by atoms with Crippen LogP contribution in [-0.2, 0) is 4.79 Å². The van der Waals surface area contributed by atoms with Crippen molar-refractivity contribution in [1.29, 1.82) is 0 Å². The quantitative estimate of drug-likeness (QED) is 0.357. The maximum absolute atomic E-state index is 15.5. The number of rotatable bonds is 4. The van der Waals surface area contributed by atoms with Gasteiger partial charge < -0.3 is 26.0 Å². The molecule has 0 radical (unpaired) electrons. The van der Waals surface area contributed by atoms with Gasteiger partial charge in [0.1, 0.15) is 12.3 Å². The lowest BCUT2D eigenvalue weighted by Crippen LogP contribution is -2.20. The van der Waals surface area contributed by atoms with E-state index in [0.717, 1.165) is 22.5 Å². The van der Waals surface area contributed by atoms with Gasteiger partial charge in [-0.15, -0.1) is 0 Å². The monoisotopic (exact) mass is 499 g/mol. The molecule has 2 aromatic carbocycles. The average molecular weight is 500 g/mol. The molecule has 0 bridgehead atoms. The number of hydrogen-bond donors (Lipinski definition) is 3. The molecule has 4 N–H and O–H groups in total. The minimum absolute atomic E-state index is 0.0201. The molecule has 1 unspecified atom stereocenters. The second-order valence-corrected chi connectivity index (χ2v) is 9.42. The zero-order valence-corrected chi connectivity index (χ0v) is 20.5. The van der Waals surface area contributed by atoms with Crippen LogP contribution in [0.25, 0.3) is 22.0 Å². The third-order valence-corrected chi connectivity index (χ3v) is 7.09. The maximum atomic E-state index is 15.5. The van der Waals surface area contributed by atoms with E-state index in [0.29, 0.717) is 60.0 Å². The van der Waals surface area contributed by atoms with Gasteiger partial charge in [0, 0.05) is 67.1 Å². The lowest BCUT2D eigenvalue weighted by molar-refractivity contribution is -0.126. The predicted octanol–water partition coefficient (Wildman–Crippen LogP) is 4.22. The molecule has 37 heavy (non-hydrogen) atoms. The van der Waals surface area contributed by atoms with Crippen molar-refractivity contribution >= 4 is 39.8 Å². The second kappa shape index (κ2) is 8.88. The number of hydrogen-bond acceptors (Lipinski definition) is 8. The SMILES string of the molecule is Cc1c(-c2cc3nc(Nc4ccccc4C4CC(=O)N(C)C4)ncc3c(N)c2F)cnc2c1NCCO2. The summed E-state index contributed by atoms with van der Waals surface area (Å²) in [5.74, 6) is 0.517. The topological polar surface area (TPSA) is 118 Å². The number of fused-ring (bicyclic) bond motifs is 2. The van der Waals surface area contributed by atoms with Crippen molar-refractivity contribution in [2.24, 2.45) is 0 Å². The Morgan fingerprint density at radius 1 is 1.22 bits per heavy atom. The predicted molar refractivity (Wildman–Crippen MR) is 141 cm³/mol. The summed E-state index contributed by atoms with van der Waals surface area (Å²) in [7, 11) is 1.81. The van der Waals surface area contributed by atoms with Crippen LogP contribution in [0.15, 0.2) is 42.7 Å². The summed E-state index contributed by atoms with van der Waals surface area (Å²) in [6, 6.07) is 9.49. The van der Waals surface area contributed by atoms with Crippen LogP contribution in [0.1, 0.15) is 23.5 Å². The Hall–Kier alpha value is -4.47. The lowest BCUT2D eigenvalue weighted by atomic mass is 9.96. The summed E-state index contributed by atoms with van der Waals surface area (Å²) in [4.78, 5) is 27.3. The highest BCUT2D eigenvalue weighted by molar-refractivity contribution is 5.96. The van der Waals surface area contributed by atoms with Crippen molar-refractivity contribution in [2.75, 3.05) is 43.1 Å². The van der Waals surface area contributed by atoms with Crippen LogP contribution >= 0.6 is 0 Å². The molecule has 2 aliphatic heterocycles. The van der Waals surface area contributed by atoms with Gasteiger partial charge in [0.05, 0.1) is 11.2 Å². The van der Waals surface area contributed by atoms with E-state index in [-0.39, 0.29) is 17.5 Å². The Kier molecular flexibility index (Phi) is 5.51. The number of nitrogens with zero attached hydrogens (tertiary/aromatic N) is 4. The van der Waals surface area contributed by atoms with E-state index in [1.54, 1.807) is 17.2 Å². The average Bonchev–Trinajstić information content (AvgIpc) is 3.25. The third-order valence-electron chi connectivity index (χ3n) is 7.09. The van der Waals surface area contributed by atoms with Gasteiger partial charge in [-0.25, -0.2) is 19.3 Å². The van der Waals surface area contributed by atoms with E-state index < -0.39 is 5.82 Å². The molecule has 2 aliphatic rings. The van der Waals surface area contributed by atoms with Gasteiger partial charge in [-0.05, 0) is 30.2 Å². The number of benzene rings is 2. The molecule has 9 nitrogen and oxygen atoms in total. The second-order valence-electron chi connectivity index (χ2n) is 9.42. The van der Waals surface area contributed by atoms with Gasteiger partial charge >= 0.3 is 0 Å². The number of nitrogens with one attached hydrogen (secondary N) is 2. The van der Waals surface area contributed by atoms with Crippen molar-refractivity contribution < 1.29 is 13.9 Å². The van der Waals surface area contributed by atoms with Crippen LogP contribution in [0.3, 0.4) is 0 Å². The summed E-state index contributed by atoms with van der Waals surface area (Å²) in [6.45, 7) is 3.73. The van der Waals surface area contributed by atoms with E-state index in [2.05, 4.69) is 25.6 Å². The number of pyridine rings is 1. The number of amides is 1. The Balaban J connectivity index is 1.39. The minimum atomic E-state index is -0.543. The molecular formula is C27H26FN7O2. The number of ether oxygens (including phenoxy) is 1. The Labute approximate surface area is 212 Å². The van der Waals surface area contributed by atoms with Gasteiger partial charge in [0.15, 0.2) is 5.82 Å². The van der Waals surface area contributed by atoms with Crippen molar-refractivity contribution in [1.82, 2.24) is 19.9 Å². The van der Waals surface area contributed by atoms with Crippen molar-refractivity contribution in [3.8, 4) is 17.0 Å². The third kappa shape index (κ3) is 3.94. The van der Waals surface area contributed by atoms with Crippen molar-refractivity contribution in [3.63, 3.8) is 0 Å². The number of carbonyl (C=O) groups is 1. The van der Waals surface area contributed by atoms with E-state index in [9.17, 15) is 4.79 Å². The standard InChI is InChI=1S/C27H26FN7O2/c1-14-18(11-31-26-25(14)30-7-8-37-26)17-10-21-19(24(29)23(17)28)12-32-27(34-21)33-20-6-4-3-5-16(20)15-9-22(36)35(2)13-15/h3-6,10-12,15,30H,7-9,13,29H2,1-2H3,(H,32,33,34). The zero-order chi connectivity index (χ0) is 25.7. The van der Waals surface area contributed by atoms with Crippen LogP contribution < -0.4 is 21.1 Å². The number of aromatic nitrogens is 3. The highest BCUT2D eigenvalue weighted by atomic mass is 19.1. The molecule has 1 saturated heterocycles. The maximum Gasteiger partial charge on any atom is 0.237 e. The van der Waals surface area contributed by atoms with E-state index in [1.807, 2.05) is 38.2 Å². The molecule has 10 heteroatoms. The molecule has 1 fully saturated rings. The molecule has 2 aromatic heterocycles. The largest absolute Gasteiger partial charge is 0.474 e. The Bertz CT molecular complexity index is 1560. The summed E-state index contributed by atoms with van der Waals surface area (Å²) in [5.41, 5.74) is 11.0. The number of halogens is 1. The Morgan fingerprint density at radius 2 is 2.05 bits per heavy atom. The first kappa shape index (κ1) is 23.0. The number of nitrogen functional groups attached to an aromatic ring is 1. The van der Waals surface area contributed by atoms with Crippen molar-refractivity contribution in [3.05, 3.63) is 59.7 Å². The first-order valence-electron chi connectivity index (χ1n) is 12.1. The molecule has 4 heterocycles. The van der Waals surface area contributed by atoms with Crippen LogP contribution in [0.5, 0.6) is 5.88 Å². The summed E-state index contributed by atoms with van der Waals surface area (Å²) in [5, 5.41) is 7.00. The fraction of sp³-hybridized carbons (Fsp3) is 0.259. The minimum Gasteiger partial charge on any atom is -0.474 e. The number of anilines is 4. The molecule has 0 aliphatic carbocycles. The summed E-state index contributed by atoms with van der Waals surface area (Å²) < 4.78 is 21.1. The Morgan fingerprint density at radius 3 is 2.86 bits per heavy atom. The van der Waals surface area contributed by atoms with Crippen LogP contribution in [-0.4, -0.2) is 52.5 Å². The van der Waals surface area contributed by atoms with Gasteiger partial charge in [-0.2, -0.15) is 0 Å². The normalized spacial score (nSPS) is 16.9. The van der Waals surface area contributed by atoms with Gasteiger partial charge in [-0.3, -0.25) is 4.79 Å². The molecule has 6 rings (SSSR count). The molecule has 1 atom stereocenters. The molecule has 0 saturated carbocycles. The molecular weight excluding hydrogens is 473 g/mol. The summed E-state index contributed by atoms with van der Waals surface area (Å²) >= 11 is 0. The smallest absolute Gasteiger partial charge is 0.237 e. The van der Waals surface area contributed by atoms with E-state index in [4.69, 9.17) is 10.5 Å². The van der Waals surface area contributed by atoms with Crippen LogP contribution in [0.4, 0.5) is 27.4 Å². The zero-order valence-electron chi connectivity index (χ0n) is 20.5. The first-order chi connectivity index (χ1) is 17.9. The van der Waals surface area contributed by atoms with Crippen molar-refractivity contribution in [2.45, 2.75) is 19.3 Å². The molecule has 1 amide bonds. The van der Waals surface area contributed by atoms with Gasteiger partial charge in [-0.1, -0.05) is 18.2 Å². The highest BCUT2D eigenvalue weighted by Crippen LogP contribution is 2.39. The first-order valence-corrected chi connectivity index (χ1v) is 12.1. The summed E-state index contributed by atoms with van der Waals surface area (Å²) in [6.07, 6.45) is 3.58.